The van der Waals surface area contributed by atoms with Gasteiger partial charge in [0.1, 0.15) is 5.82 Å². The Balaban J connectivity index is 2.07. The summed E-state index contributed by atoms with van der Waals surface area (Å²) < 4.78 is 20.7. The summed E-state index contributed by atoms with van der Waals surface area (Å²) in [6.45, 7) is 0.449. The van der Waals surface area contributed by atoms with Gasteiger partial charge in [-0.1, -0.05) is 18.2 Å². The van der Waals surface area contributed by atoms with Crippen LogP contribution in [-0.2, 0) is 17.7 Å². The van der Waals surface area contributed by atoms with E-state index in [-0.39, 0.29) is 22.2 Å². The molecule has 1 aliphatic rings. The number of pyridine rings is 1. The quantitative estimate of drug-likeness (QED) is 0.658. The first-order valence-corrected chi connectivity index (χ1v) is 8.67. The fourth-order valence-corrected chi connectivity index (χ4v) is 4.26. The Morgan fingerprint density at radius 1 is 1.24 bits per heavy atom. The number of ether oxygens (including phenoxy) is 1. The smallest absolute Gasteiger partial charge is 0.340 e. The van der Waals surface area contributed by atoms with Crippen molar-refractivity contribution in [2.45, 2.75) is 13.0 Å². The van der Waals surface area contributed by atoms with Crippen molar-refractivity contribution in [2.24, 2.45) is 0 Å². The molecule has 0 fully saturated rings. The minimum absolute atomic E-state index is 0.169. The summed E-state index contributed by atoms with van der Waals surface area (Å²) in [7, 11) is 1.30. The number of halogens is 1. The molecule has 1 aromatic carbocycles. The number of fused-ring (bicyclic) bond motifs is 3. The highest BCUT2D eigenvalue weighted by Gasteiger charge is 2.27. The molecule has 6 heteroatoms. The second-order valence-corrected chi connectivity index (χ2v) is 6.69. The Morgan fingerprint density at radius 3 is 2.80 bits per heavy atom. The third-order valence-corrected chi connectivity index (χ3v) is 5.39. The fraction of sp³-hybridized carbons (Fsp3) is 0.158. The average Bonchev–Trinajstić information content (AvgIpc) is 3.11. The number of methoxy groups -OCH3 is 1. The van der Waals surface area contributed by atoms with Crippen molar-refractivity contribution in [3.05, 3.63) is 69.1 Å². The Bertz CT molecular complexity index is 1050. The first-order chi connectivity index (χ1) is 12.1. The lowest BCUT2D eigenvalue weighted by molar-refractivity contribution is 0.0600. The van der Waals surface area contributed by atoms with Crippen LogP contribution >= 0.6 is 11.3 Å². The Morgan fingerprint density at radius 2 is 2.04 bits per heavy atom. The molecule has 4 rings (SSSR count). The van der Waals surface area contributed by atoms with Crippen LogP contribution in [0.3, 0.4) is 0 Å². The van der Waals surface area contributed by atoms with Crippen molar-refractivity contribution in [1.82, 2.24) is 4.57 Å². The molecular weight excluding hydrogens is 341 g/mol. The van der Waals surface area contributed by atoms with Crippen LogP contribution < -0.4 is 5.56 Å². The summed E-state index contributed by atoms with van der Waals surface area (Å²) in [6.07, 6.45) is 0.701. The van der Waals surface area contributed by atoms with E-state index in [1.807, 2.05) is 11.4 Å². The van der Waals surface area contributed by atoms with Gasteiger partial charge in [-0.25, -0.2) is 9.18 Å². The first kappa shape index (κ1) is 15.8. The lowest BCUT2D eigenvalue weighted by Gasteiger charge is -2.22. The van der Waals surface area contributed by atoms with Crippen molar-refractivity contribution in [3.63, 3.8) is 0 Å². The molecule has 0 saturated carbocycles. The van der Waals surface area contributed by atoms with Crippen LogP contribution in [0.1, 0.15) is 15.9 Å². The van der Waals surface area contributed by atoms with Crippen LogP contribution in [0.4, 0.5) is 4.39 Å². The maximum Gasteiger partial charge on any atom is 0.340 e. The van der Waals surface area contributed by atoms with Gasteiger partial charge in [0.25, 0.3) is 5.56 Å². The minimum Gasteiger partial charge on any atom is -0.465 e. The molecule has 0 radical (unpaired) electrons. The molecular formula is C19H14FNO3S. The average molecular weight is 355 g/mol. The maximum absolute atomic E-state index is 14.2. The Kier molecular flexibility index (Phi) is 3.77. The number of benzene rings is 1. The molecule has 0 spiro atoms. The minimum atomic E-state index is -0.539. The number of carbonyl (C=O) groups excluding carboxylic acids is 1. The van der Waals surface area contributed by atoms with Crippen LogP contribution in [0.2, 0.25) is 0 Å². The molecule has 0 atom stereocenters. The van der Waals surface area contributed by atoms with E-state index in [9.17, 15) is 14.0 Å². The van der Waals surface area contributed by atoms with E-state index in [1.165, 1.54) is 30.6 Å². The van der Waals surface area contributed by atoms with Crippen LogP contribution in [0.25, 0.3) is 21.7 Å². The van der Waals surface area contributed by atoms with Gasteiger partial charge in [-0.15, -0.1) is 11.3 Å². The highest BCUT2D eigenvalue weighted by atomic mass is 32.1. The molecule has 0 saturated heterocycles. The number of hydrogen-bond donors (Lipinski definition) is 0. The zero-order valence-electron chi connectivity index (χ0n) is 13.4. The molecule has 4 nitrogen and oxygen atoms in total. The van der Waals surface area contributed by atoms with E-state index in [0.29, 0.717) is 18.7 Å². The largest absolute Gasteiger partial charge is 0.465 e. The molecule has 0 N–H and O–H groups in total. The number of rotatable bonds is 2. The second kappa shape index (κ2) is 5.97. The predicted octanol–water partition coefficient (Wildman–Crippen LogP) is 3.73. The van der Waals surface area contributed by atoms with Gasteiger partial charge in [-0.3, -0.25) is 4.79 Å². The summed E-state index contributed by atoms with van der Waals surface area (Å²) >= 11 is 1.48. The number of nitrogens with zero attached hydrogens (tertiary/aromatic N) is 1. The fourth-order valence-electron chi connectivity index (χ4n) is 3.24. The van der Waals surface area contributed by atoms with Crippen LogP contribution in [-0.4, -0.2) is 17.6 Å². The summed E-state index contributed by atoms with van der Waals surface area (Å²) in [5.41, 5.74) is 2.00. The van der Waals surface area contributed by atoms with Gasteiger partial charge in [0.2, 0.25) is 0 Å². The van der Waals surface area contributed by atoms with E-state index < -0.39 is 11.8 Å². The van der Waals surface area contributed by atoms with E-state index >= 15 is 0 Å². The van der Waals surface area contributed by atoms with Crippen molar-refractivity contribution >= 4 is 17.3 Å². The monoisotopic (exact) mass is 355 g/mol. The van der Waals surface area contributed by atoms with E-state index in [0.717, 1.165) is 10.4 Å². The molecule has 0 amide bonds. The van der Waals surface area contributed by atoms with Gasteiger partial charge >= 0.3 is 5.97 Å². The molecule has 3 heterocycles. The SMILES string of the molecule is COC(=O)c1cc(-c2ccccc2F)c(=O)n2c1-c1sccc1CC2. The van der Waals surface area contributed by atoms with Gasteiger partial charge in [0.05, 0.1) is 28.8 Å². The zero-order chi connectivity index (χ0) is 17.6. The van der Waals surface area contributed by atoms with E-state index in [1.54, 1.807) is 22.8 Å². The lowest BCUT2D eigenvalue weighted by Crippen LogP contribution is -2.29. The lowest BCUT2D eigenvalue weighted by atomic mass is 9.98. The van der Waals surface area contributed by atoms with Crippen LogP contribution in [0, 0.1) is 5.82 Å². The molecule has 0 unspecified atom stereocenters. The normalized spacial score (nSPS) is 12.4. The van der Waals surface area contributed by atoms with Crippen molar-refractivity contribution in [2.75, 3.05) is 7.11 Å². The van der Waals surface area contributed by atoms with Gasteiger partial charge in [0.15, 0.2) is 0 Å². The van der Waals surface area contributed by atoms with Crippen LogP contribution in [0.15, 0.2) is 46.6 Å². The summed E-state index contributed by atoms with van der Waals surface area (Å²) in [4.78, 5) is 26.3. The Labute approximate surface area is 147 Å². The molecule has 1 aliphatic heterocycles. The van der Waals surface area contributed by atoms with Crippen molar-refractivity contribution in [1.29, 1.82) is 0 Å². The standard InChI is InChI=1S/C19H14FNO3S/c1-24-19(23)14-10-13(12-4-2-3-5-15(12)20)18(22)21-8-6-11-7-9-25-17(11)16(14)21/h2-5,7,9-10H,6,8H2,1H3. The number of aromatic nitrogens is 1. The summed E-state index contributed by atoms with van der Waals surface area (Å²) in [5, 5.41) is 1.94. The molecule has 2 aromatic heterocycles. The first-order valence-electron chi connectivity index (χ1n) is 7.79. The number of esters is 1. The van der Waals surface area contributed by atoms with Crippen molar-refractivity contribution < 1.29 is 13.9 Å². The van der Waals surface area contributed by atoms with Gasteiger partial charge < -0.3 is 9.30 Å². The third-order valence-electron chi connectivity index (χ3n) is 4.43. The maximum atomic E-state index is 14.2. The topological polar surface area (TPSA) is 48.3 Å². The van der Waals surface area contributed by atoms with E-state index in [2.05, 4.69) is 0 Å². The molecule has 126 valence electrons. The molecule has 0 bridgehead atoms. The highest BCUT2D eigenvalue weighted by molar-refractivity contribution is 7.13. The van der Waals surface area contributed by atoms with Gasteiger partial charge in [0, 0.05) is 12.1 Å². The predicted molar refractivity (Wildman–Crippen MR) is 94.5 cm³/mol. The summed E-state index contributed by atoms with van der Waals surface area (Å²) in [6, 6.07) is 9.52. The molecule has 25 heavy (non-hydrogen) atoms. The zero-order valence-corrected chi connectivity index (χ0v) is 14.2. The number of aryl methyl sites for hydroxylation is 1. The number of carbonyl (C=O) groups is 1. The van der Waals surface area contributed by atoms with Crippen molar-refractivity contribution in [3.8, 4) is 21.7 Å². The van der Waals surface area contributed by atoms with Gasteiger partial charge in [-0.2, -0.15) is 0 Å². The Hall–Kier alpha value is -2.73. The molecule has 0 aliphatic carbocycles. The highest BCUT2D eigenvalue weighted by Crippen LogP contribution is 2.37. The van der Waals surface area contributed by atoms with Crippen LogP contribution in [0.5, 0.6) is 0 Å². The second-order valence-electron chi connectivity index (χ2n) is 5.77. The van der Waals surface area contributed by atoms with E-state index in [4.69, 9.17) is 4.74 Å². The summed E-state index contributed by atoms with van der Waals surface area (Å²) in [5.74, 6) is -1.04. The third kappa shape index (κ3) is 2.41. The van der Waals surface area contributed by atoms with Gasteiger partial charge in [-0.05, 0) is 35.6 Å². The number of hydrogen-bond acceptors (Lipinski definition) is 4. The molecule has 3 aromatic rings. The number of thiophene rings is 1.